The molecule has 24 heavy (non-hydrogen) atoms. The van der Waals surface area contributed by atoms with Crippen molar-refractivity contribution in [2.45, 2.75) is 38.1 Å². The Bertz CT molecular complexity index is 748. The number of aromatic amines is 1. The van der Waals surface area contributed by atoms with Crippen molar-refractivity contribution in [3.63, 3.8) is 0 Å². The lowest BCUT2D eigenvalue weighted by Crippen LogP contribution is -2.36. The molecule has 130 valence electrons. The summed E-state index contributed by atoms with van der Waals surface area (Å²) in [5.74, 6) is 0.200. The first-order chi connectivity index (χ1) is 11.6. The normalized spacial score (nSPS) is 18.1. The maximum atomic E-state index is 12.2. The average molecular weight is 351 g/mol. The third-order valence-electron chi connectivity index (χ3n) is 4.17. The zero-order chi connectivity index (χ0) is 16.9. The number of aromatic nitrogens is 2. The number of H-pyrrole nitrogens is 1. The van der Waals surface area contributed by atoms with Crippen LogP contribution in [0.4, 0.5) is 5.82 Å². The molecule has 0 saturated heterocycles. The van der Waals surface area contributed by atoms with Crippen LogP contribution in [0, 0.1) is 0 Å². The van der Waals surface area contributed by atoms with Crippen LogP contribution in [-0.4, -0.2) is 39.5 Å². The van der Waals surface area contributed by atoms with Gasteiger partial charge in [-0.05, 0) is 12.8 Å². The maximum absolute atomic E-state index is 12.2. The fraction of sp³-hybridized carbons (Fsp3) is 0.600. The third kappa shape index (κ3) is 4.08. The summed E-state index contributed by atoms with van der Waals surface area (Å²) >= 11 is 1.31. The Morgan fingerprint density at radius 1 is 1.33 bits per heavy atom. The van der Waals surface area contributed by atoms with Gasteiger partial charge in [-0.1, -0.05) is 31.0 Å². The molecule has 0 atom stereocenters. The second kappa shape index (κ2) is 7.69. The molecule has 3 rings (SSSR count). The molecule has 1 saturated carbocycles. The molecule has 9 heteroatoms. The molecule has 3 N–H and O–H groups in total. The van der Waals surface area contributed by atoms with Gasteiger partial charge in [0.2, 0.25) is 5.91 Å². The van der Waals surface area contributed by atoms with Crippen molar-refractivity contribution < 1.29 is 4.79 Å². The highest BCUT2D eigenvalue weighted by Gasteiger charge is 2.21. The van der Waals surface area contributed by atoms with Crippen molar-refractivity contribution in [3.05, 3.63) is 26.9 Å². The van der Waals surface area contributed by atoms with E-state index in [9.17, 15) is 14.4 Å². The van der Waals surface area contributed by atoms with Gasteiger partial charge in [0, 0.05) is 18.7 Å². The Hall–Kier alpha value is -2.03. The molecule has 0 aromatic carbocycles. The van der Waals surface area contributed by atoms with Crippen LogP contribution < -0.4 is 21.9 Å². The van der Waals surface area contributed by atoms with Crippen molar-refractivity contribution in [1.82, 2.24) is 14.9 Å². The minimum Gasteiger partial charge on any atom is -0.363 e. The molecule has 0 radical (unpaired) electrons. The number of hydrogen-bond donors (Lipinski definition) is 3. The molecule has 8 nitrogen and oxygen atoms in total. The number of anilines is 1. The van der Waals surface area contributed by atoms with E-state index < -0.39 is 11.2 Å². The van der Waals surface area contributed by atoms with E-state index >= 15 is 0 Å². The van der Waals surface area contributed by atoms with Crippen molar-refractivity contribution in [3.8, 4) is 0 Å². The zero-order valence-corrected chi connectivity index (χ0v) is 14.2. The van der Waals surface area contributed by atoms with E-state index in [0.29, 0.717) is 0 Å². The monoisotopic (exact) mass is 351 g/mol. The first-order valence-corrected chi connectivity index (χ1v) is 9.19. The Morgan fingerprint density at radius 3 is 2.83 bits per heavy atom. The van der Waals surface area contributed by atoms with Crippen LogP contribution in [-0.2, 0) is 4.79 Å². The summed E-state index contributed by atoms with van der Waals surface area (Å²) in [7, 11) is 0. The van der Waals surface area contributed by atoms with E-state index in [0.717, 1.165) is 50.4 Å². The summed E-state index contributed by atoms with van der Waals surface area (Å²) in [6, 6.07) is 1.30. The number of rotatable bonds is 4. The van der Waals surface area contributed by atoms with Gasteiger partial charge in [-0.25, -0.2) is 4.79 Å². The average Bonchev–Trinajstić information content (AvgIpc) is 3.07. The third-order valence-corrected chi connectivity index (χ3v) is 5.12. The Labute approximate surface area is 143 Å². The second-order valence-electron chi connectivity index (χ2n) is 5.94. The van der Waals surface area contributed by atoms with Gasteiger partial charge in [-0.15, -0.1) is 0 Å². The lowest BCUT2D eigenvalue weighted by Gasteiger charge is -2.26. The molecule has 0 unspecified atom stereocenters. The number of nitrogens with zero attached hydrogens (tertiary/aromatic N) is 2. The minimum absolute atomic E-state index is 0.0203. The van der Waals surface area contributed by atoms with Crippen LogP contribution in [0.25, 0.3) is 0 Å². The van der Waals surface area contributed by atoms with Crippen molar-refractivity contribution in [1.29, 1.82) is 0 Å². The zero-order valence-electron chi connectivity index (χ0n) is 13.3. The molecule has 1 aromatic rings. The van der Waals surface area contributed by atoms with E-state index in [1.54, 1.807) is 0 Å². The summed E-state index contributed by atoms with van der Waals surface area (Å²) in [5, 5.41) is 6.54. The molecule has 2 heterocycles. The van der Waals surface area contributed by atoms with Gasteiger partial charge in [0.1, 0.15) is 5.82 Å². The van der Waals surface area contributed by atoms with Crippen molar-refractivity contribution >= 4 is 28.7 Å². The summed E-state index contributed by atoms with van der Waals surface area (Å²) < 4.78 is 1.52. The van der Waals surface area contributed by atoms with E-state index in [1.165, 1.54) is 22.4 Å². The summed E-state index contributed by atoms with van der Waals surface area (Å²) in [4.78, 5) is 42.6. The van der Waals surface area contributed by atoms with Gasteiger partial charge in [0.15, 0.2) is 5.17 Å². The number of nitrogens with one attached hydrogen (secondary N) is 3. The fourth-order valence-electron chi connectivity index (χ4n) is 3.09. The van der Waals surface area contributed by atoms with E-state index in [4.69, 9.17) is 0 Å². The first-order valence-electron chi connectivity index (χ1n) is 8.20. The van der Waals surface area contributed by atoms with Crippen LogP contribution in [0.5, 0.6) is 0 Å². The molecular formula is C15H21N5O3S. The minimum atomic E-state index is -0.503. The standard InChI is InChI=1S/C15H21N5O3S/c21-12-8-11(18-13(22)9-24-14-16-6-7-17-14)20(15(23)19-12)10-4-2-1-3-5-10/h8,10H,1-7,9H2,(H,16,17)(H,18,22)(H,19,21,23). The lowest BCUT2D eigenvalue weighted by molar-refractivity contribution is -0.113. The van der Waals surface area contributed by atoms with Crippen LogP contribution >= 0.6 is 11.8 Å². The Kier molecular flexibility index (Phi) is 5.39. The van der Waals surface area contributed by atoms with Gasteiger partial charge in [-0.2, -0.15) is 0 Å². The number of thioether (sulfide) groups is 1. The highest BCUT2D eigenvalue weighted by molar-refractivity contribution is 8.14. The van der Waals surface area contributed by atoms with Crippen LogP contribution in [0.15, 0.2) is 20.6 Å². The smallest absolute Gasteiger partial charge is 0.330 e. The number of carbonyl (C=O) groups excluding carboxylic acids is 1. The summed E-state index contributed by atoms with van der Waals surface area (Å²) in [6.07, 6.45) is 5.01. The highest BCUT2D eigenvalue weighted by atomic mass is 32.2. The van der Waals surface area contributed by atoms with Crippen LogP contribution in [0.1, 0.15) is 38.1 Å². The molecular weight excluding hydrogens is 330 g/mol. The Morgan fingerprint density at radius 2 is 2.12 bits per heavy atom. The topological polar surface area (TPSA) is 108 Å². The van der Waals surface area contributed by atoms with Crippen molar-refractivity contribution in [2.24, 2.45) is 4.99 Å². The van der Waals surface area contributed by atoms with Crippen LogP contribution in [0.3, 0.4) is 0 Å². The van der Waals surface area contributed by atoms with E-state index in [-0.39, 0.29) is 23.5 Å². The predicted molar refractivity (Wildman–Crippen MR) is 94.8 cm³/mol. The molecule has 1 amide bonds. The molecule has 1 aromatic heterocycles. The van der Waals surface area contributed by atoms with Gasteiger partial charge in [0.25, 0.3) is 5.56 Å². The molecule has 1 fully saturated rings. The van der Waals surface area contributed by atoms with E-state index in [2.05, 4.69) is 20.6 Å². The molecule has 0 bridgehead atoms. The highest BCUT2D eigenvalue weighted by Crippen LogP contribution is 2.28. The van der Waals surface area contributed by atoms with Crippen LogP contribution in [0.2, 0.25) is 0 Å². The number of carbonyl (C=O) groups is 1. The summed E-state index contributed by atoms with van der Waals surface area (Å²) in [5.41, 5.74) is -0.962. The first kappa shape index (κ1) is 16.8. The lowest BCUT2D eigenvalue weighted by atomic mass is 9.95. The second-order valence-corrected chi connectivity index (χ2v) is 6.90. The van der Waals surface area contributed by atoms with E-state index in [1.807, 2.05) is 0 Å². The number of hydrogen-bond acceptors (Lipinski definition) is 6. The molecule has 1 aliphatic carbocycles. The molecule has 1 aliphatic heterocycles. The largest absolute Gasteiger partial charge is 0.363 e. The number of aliphatic imine (C=N–C) groups is 1. The molecule has 2 aliphatic rings. The fourth-order valence-corrected chi connectivity index (χ4v) is 3.82. The van der Waals surface area contributed by atoms with Gasteiger partial charge >= 0.3 is 5.69 Å². The quantitative estimate of drug-likeness (QED) is 0.739. The number of amides is 1. The molecule has 0 spiro atoms. The van der Waals surface area contributed by atoms with Crippen molar-refractivity contribution in [2.75, 3.05) is 24.2 Å². The predicted octanol–water partition coefficient (Wildman–Crippen LogP) is 0.673. The van der Waals surface area contributed by atoms with Gasteiger partial charge in [-0.3, -0.25) is 24.1 Å². The SMILES string of the molecule is O=C(CSC1=NCCN1)Nc1cc(=O)[nH]c(=O)n1C1CCCCC1. The van der Waals surface area contributed by atoms with Gasteiger partial charge in [0.05, 0.1) is 12.3 Å². The maximum Gasteiger partial charge on any atom is 0.330 e. The number of amidine groups is 1. The Balaban J connectivity index is 1.74. The summed E-state index contributed by atoms with van der Waals surface area (Å²) in [6.45, 7) is 1.51. The van der Waals surface area contributed by atoms with Gasteiger partial charge < -0.3 is 10.6 Å².